The van der Waals surface area contributed by atoms with Gasteiger partial charge in [0.05, 0.1) is 4.90 Å². The SMILES string of the molecule is CCC(=O)c1ccc(OCC(=O)Nc2cccc(S(=O)(=O)N(C)C)c2)cc1. The summed E-state index contributed by atoms with van der Waals surface area (Å²) >= 11 is 0. The Balaban J connectivity index is 1.97. The summed E-state index contributed by atoms with van der Waals surface area (Å²) in [6.45, 7) is 1.54. The van der Waals surface area contributed by atoms with Crippen molar-refractivity contribution >= 4 is 27.4 Å². The van der Waals surface area contributed by atoms with Gasteiger partial charge >= 0.3 is 0 Å². The van der Waals surface area contributed by atoms with E-state index in [0.29, 0.717) is 23.4 Å². The number of ketones is 1. The van der Waals surface area contributed by atoms with Gasteiger partial charge in [0.1, 0.15) is 5.75 Å². The lowest BCUT2D eigenvalue weighted by Gasteiger charge is -2.13. The molecule has 2 aromatic carbocycles. The number of hydrogen-bond acceptors (Lipinski definition) is 5. The van der Waals surface area contributed by atoms with Crippen LogP contribution in [0.2, 0.25) is 0 Å². The Morgan fingerprint density at radius 1 is 1.07 bits per heavy atom. The largest absolute Gasteiger partial charge is 0.484 e. The van der Waals surface area contributed by atoms with Gasteiger partial charge in [0, 0.05) is 31.8 Å². The fourth-order valence-corrected chi connectivity index (χ4v) is 3.18. The molecule has 0 aliphatic carbocycles. The van der Waals surface area contributed by atoms with E-state index in [-0.39, 0.29) is 17.3 Å². The lowest BCUT2D eigenvalue weighted by atomic mass is 10.1. The Morgan fingerprint density at radius 3 is 2.33 bits per heavy atom. The molecule has 144 valence electrons. The maximum atomic E-state index is 12.1. The number of anilines is 1. The van der Waals surface area contributed by atoms with Gasteiger partial charge in [0.25, 0.3) is 5.91 Å². The van der Waals surface area contributed by atoms with E-state index in [1.54, 1.807) is 43.3 Å². The van der Waals surface area contributed by atoms with Crippen LogP contribution in [0.4, 0.5) is 5.69 Å². The zero-order valence-electron chi connectivity index (χ0n) is 15.4. The highest BCUT2D eigenvalue weighted by atomic mass is 32.2. The molecule has 1 amide bonds. The molecular weight excluding hydrogens is 368 g/mol. The van der Waals surface area contributed by atoms with E-state index >= 15 is 0 Å². The number of carbonyl (C=O) groups excluding carboxylic acids is 2. The maximum absolute atomic E-state index is 12.1. The molecule has 0 unspecified atom stereocenters. The third kappa shape index (κ3) is 5.38. The second kappa shape index (κ2) is 8.79. The van der Waals surface area contributed by atoms with E-state index in [9.17, 15) is 18.0 Å². The summed E-state index contributed by atoms with van der Waals surface area (Å²) in [5.74, 6) is 0.0664. The summed E-state index contributed by atoms with van der Waals surface area (Å²) in [6.07, 6.45) is 0.422. The van der Waals surface area contributed by atoms with Crippen molar-refractivity contribution in [2.75, 3.05) is 26.0 Å². The lowest BCUT2D eigenvalue weighted by molar-refractivity contribution is -0.118. The summed E-state index contributed by atoms with van der Waals surface area (Å²) in [7, 11) is -0.704. The molecule has 2 aromatic rings. The fourth-order valence-electron chi connectivity index (χ4n) is 2.23. The molecule has 0 saturated heterocycles. The molecule has 8 heteroatoms. The van der Waals surface area contributed by atoms with Crippen molar-refractivity contribution in [3.05, 3.63) is 54.1 Å². The predicted molar refractivity (Wildman–Crippen MR) is 103 cm³/mol. The minimum atomic E-state index is -3.58. The third-order valence-corrected chi connectivity index (χ3v) is 5.57. The normalized spacial score (nSPS) is 11.3. The van der Waals surface area contributed by atoms with Crippen LogP contribution in [0, 0.1) is 0 Å². The van der Waals surface area contributed by atoms with Gasteiger partial charge in [-0.3, -0.25) is 9.59 Å². The van der Waals surface area contributed by atoms with Crippen molar-refractivity contribution in [2.45, 2.75) is 18.2 Å². The number of nitrogens with zero attached hydrogens (tertiary/aromatic N) is 1. The first-order chi connectivity index (χ1) is 12.7. The van der Waals surface area contributed by atoms with E-state index in [1.165, 1.54) is 26.2 Å². The van der Waals surface area contributed by atoms with E-state index in [0.717, 1.165) is 4.31 Å². The van der Waals surface area contributed by atoms with Gasteiger partial charge in [-0.15, -0.1) is 0 Å². The highest BCUT2D eigenvalue weighted by Crippen LogP contribution is 2.18. The molecule has 1 N–H and O–H groups in total. The van der Waals surface area contributed by atoms with Crippen LogP contribution in [0.15, 0.2) is 53.4 Å². The van der Waals surface area contributed by atoms with E-state index in [4.69, 9.17) is 4.74 Å². The van der Waals surface area contributed by atoms with E-state index < -0.39 is 15.9 Å². The zero-order chi connectivity index (χ0) is 20.0. The average Bonchev–Trinajstić information content (AvgIpc) is 2.66. The number of Topliss-reactive ketones (excluding diaryl/α,β-unsaturated/α-hetero) is 1. The standard InChI is InChI=1S/C19H22N2O5S/c1-4-18(22)14-8-10-16(11-9-14)26-13-19(23)20-15-6-5-7-17(12-15)27(24,25)21(2)3/h5-12H,4,13H2,1-3H3,(H,20,23). The predicted octanol–water partition coefficient (Wildman–Crippen LogP) is 2.55. The first-order valence-electron chi connectivity index (χ1n) is 8.32. The molecule has 0 saturated carbocycles. The van der Waals surface area contributed by atoms with Crippen molar-refractivity contribution in [3.63, 3.8) is 0 Å². The number of rotatable bonds is 8. The molecule has 7 nitrogen and oxygen atoms in total. The second-order valence-corrected chi connectivity index (χ2v) is 8.11. The van der Waals surface area contributed by atoms with Crippen LogP contribution in [0.3, 0.4) is 0 Å². The number of amides is 1. The monoisotopic (exact) mass is 390 g/mol. The molecular formula is C19H22N2O5S. The summed E-state index contributed by atoms with van der Waals surface area (Å²) in [6, 6.07) is 12.5. The first kappa shape index (κ1) is 20.6. The number of carbonyl (C=O) groups is 2. The number of nitrogens with one attached hydrogen (secondary N) is 1. The number of ether oxygens (including phenoxy) is 1. The molecule has 0 bridgehead atoms. The second-order valence-electron chi connectivity index (χ2n) is 5.95. The lowest BCUT2D eigenvalue weighted by Crippen LogP contribution is -2.23. The number of benzene rings is 2. The van der Waals surface area contributed by atoms with Gasteiger partial charge in [0.2, 0.25) is 10.0 Å². The minimum Gasteiger partial charge on any atom is -0.484 e. The minimum absolute atomic E-state index is 0.0341. The van der Waals surface area contributed by atoms with Gasteiger partial charge < -0.3 is 10.1 Å². The fraction of sp³-hybridized carbons (Fsp3) is 0.263. The Kier molecular flexibility index (Phi) is 6.70. The van der Waals surface area contributed by atoms with E-state index in [1.807, 2.05) is 0 Å². The topological polar surface area (TPSA) is 92.8 Å². The summed E-state index contributed by atoms with van der Waals surface area (Å²) < 4.78 is 30.8. The quantitative estimate of drug-likeness (QED) is 0.699. The maximum Gasteiger partial charge on any atom is 0.262 e. The summed E-state index contributed by atoms with van der Waals surface area (Å²) in [4.78, 5) is 23.7. The van der Waals surface area contributed by atoms with Crippen LogP contribution in [0.1, 0.15) is 23.7 Å². The third-order valence-electron chi connectivity index (χ3n) is 3.76. The number of hydrogen-bond donors (Lipinski definition) is 1. The van der Waals surface area contributed by atoms with Crippen LogP contribution in [-0.2, 0) is 14.8 Å². The molecule has 0 fully saturated rings. The van der Waals surface area contributed by atoms with Crippen LogP contribution >= 0.6 is 0 Å². The Morgan fingerprint density at radius 2 is 1.74 bits per heavy atom. The van der Waals surface area contributed by atoms with Crippen molar-refractivity contribution < 1.29 is 22.7 Å². The van der Waals surface area contributed by atoms with Gasteiger partial charge in [-0.2, -0.15) is 0 Å². The average molecular weight is 390 g/mol. The molecule has 0 aromatic heterocycles. The van der Waals surface area contributed by atoms with Gasteiger partial charge in [-0.25, -0.2) is 12.7 Å². The number of sulfonamides is 1. The Hall–Kier alpha value is -2.71. The van der Waals surface area contributed by atoms with Crippen LogP contribution in [0.25, 0.3) is 0 Å². The molecule has 0 spiro atoms. The van der Waals surface area contributed by atoms with Crippen LogP contribution < -0.4 is 10.1 Å². The summed E-state index contributed by atoms with van der Waals surface area (Å²) in [5.41, 5.74) is 0.948. The zero-order valence-corrected chi connectivity index (χ0v) is 16.2. The summed E-state index contributed by atoms with van der Waals surface area (Å²) in [5, 5.41) is 2.60. The van der Waals surface area contributed by atoms with Crippen molar-refractivity contribution in [1.82, 2.24) is 4.31 Å². The highest BCUT2D eigenvalue weighted by molar-refractivity contribution is 7.89. The Labute approximate surface area is 159 Å². The van der Waals surface area contributed by atoms with Gasteiger partial charge in [0.15, 0.2) is 12.4 Å². The Bertz CT molecular complexity index is 921. The molecule has 0 aliphatic rings. The van der Waals surface area contributed by atoms with E-state index in [2.05, 4.69) is 5.32 Å². The molecule has 0 radical (unpaired) electrons. The smallest absolute Gasteiger partial charge is 0.262 e. The van der Waals surface area contributed by atoms with Crippen LogP contribution in [-0.4, -0.2) is 45.1 Å². The molecule has 27 heavy (non-hydrogen) atoms. The van der Waals surface area contributed by atoms with Crippen LogP contribution in [0.5, 0.6) is 5.75 Å². The van der Waals surface area contributed by atoms with Gasteiger partial charge in [-0.1, -0.05) is 13.0 Å². The van der Waals surface area contributed by atoms with Crippen molar-refractivity contribution in [2.24, 2.45) is 0 Å². The van der Waals surface area contributed by atoms with Gasteiger partial charge in [-0.05, 0) is 42.5 Å². The molecule has 0 aliphatic heterocycles. The van der Waals surface area contributed by atoms with Crippen molar-refractivity contribution in [3.8, 4) is 5.75 Å². The molecule has 0 atom stereocenters. The highest BCUT2D eigenvalue weighted by Gasteiger charge is 2.17. The molecule has 0 heterocycles. The van der Waals surface area contributed by atoms with Crippen molar-refractivity contribution in [1.29, 1.82) is 0 Å². The first-order valence-corrected chi connectivity index (χ1v) is 9.76. The molecule has 2 rings (SSSR count).